The van der Waals surface area contributed by atoms with Crippen molar-refractivity contribution in [1.29, 1.82) is 0 Å². The molecule has 1 saturated heterocycles. The van der Waals surface area contributed by atoms with Crippen molar-refractivity contribution in [2.24, 2.45) is 0 Å². The van der Waals surface area contributed by atoms with Gasteiger partial charge in [-0.15, -0.1) is 11.6 Å². The van der Waals surface area contributed by atoms with Crippen molar-refractivity contribution in [3.8, 4) is 0 Å². The molecule has 4 nitrogen and oxygen atoms in total. The molecule has 5 heteroatoms. The number of hydrogen-bond acceptors (Lipinski definition) is 2. The predicted octanol–water partition coefficient (Wildman–Crippen LogP) is 2.11. The van der Waals surface area contributed by atoms with Gasteiger partial charge in [0, 0.05) is 24.4 Å². The van der Waals surface area contributed by atoms with Crippen molar-refractivity contribution < 1.29 is 9.59 Å². The highest BCUT2D eigenvalue weighted by Gasteiger charge is 2.33. The third-order valence-electron chi connectivity index (χ3n) is 3.06. The number of urea groups is 1. The van der Waals surface area contributed by atoms with E-state index in [0.717, 1.165) is 19.3 Å². The lowest BCUT2D eigenvalue weighted by molar-refractivity contribution is -0.119. The molecule has 2 atom stereocenters. The summed E-state index contributed by atoms with van der Waals surface area (Å²) in [6.45, 7) is 4.07. The molecule has 16 heavy (non-hydrogen) atoms. The maximum atomic E-state index is 11.9. The molecule has 0 bridgehead atoms. The van der Waals surface area contributed by atoms with Crippen LogP contribution in [0.1, 0.15) is 39.5 Å². The van der Waals surface area contributed by atoms with Crippen LogP contribution in [0.4, 0.5) is 4.79 Å². The fourth-order valence-electron chi connectivity index (χ4n) is 2.17. The van der Waals surface area contributed by atoms with Crippen LogP contribution in [0.25, 0.3) is 0 Å². The highest BCUT2D eigenvalue weighted by Crippen LogP contribution is 2.25. The Balaban J connectivity index is 2.54. The zero-order chi connectivity index (χ0) is 12.1. The lowest BCUT2D eigenvalue weighted by atomic mass is 10.2. The van der Waals surface area contributed by atoms with Gasteiger partial charge in [0.25, 0.3) is 0 Å². The van der Waals surface area contributed by atoms with E-state index in [1.54, 1.807) is 4.90 Å². The molecule has 1 N–H and O–H groups in total. The average Bonchev–Trinajstić information content (AvgIpc) is 2.59. The first-order valence-electron chi connectivity index (χ1n) is 5.78. The molecule has 0 aliphatic carbocycles. The van der Waals surface area contributed by atoms with E-state index in [0.29, 0.717) is 0 Å². The molecule has 1 heterocycles. The molecule has 1 fully saturated rings. The van der Waals surface area contributed by atoms with Crippen molar-refractivity contribution in [2.45, 2.75) is 51.6 Å². The second-order valence-corrected chi connectivity index (χ2v) is 4.57. The summed E-state index contributed by atoms with van der Waals surface area (Å²) in [6.07, 6.45) is 3.15. The summed E-state index contributed by atoms with van der Waals surface area (Å²) in [6, 6.07) is 0.208. The number of alkyl halides is 1. The number of halogens is 1. The van der Waals surface area contributed by atoms with E-state index in [-0.39, 0.29) is 36.3 Å². The number of carbonyl (C=O) groups excluding carboxylic acids is 2. The second-order valence-electron chi connectivity index (χ2n) is 4.19. The monoisotopic (exact) mass is 246 g/mol. The fourth-order valence-corrected chi connectivity index (χ4v) is 2.34. The number of imide groups is 1. The molecule has 0 aromatic rings. The fraction of sp³-hybridized carbons (Fsp3) is 0.818. The summed E-state index contributed by atoms with van der Waals surface area (Å²) in [5.74, 6) is -0.0553. The lowest BCUT2D eigenvalue weighted by Crippen LogP contribution is -2.47. The van der Waals surface area contributed by atoms with E-state index in [4.69, 9.17) is 11.6 Å². The van der Waals surface area contributed by atoms with Gasteiger partial charge in [0.1, 0.15) is 0 Å². The van der Waals surface area contributed by atoms with Gasteiger partial charge in [-0.3, -0.25) is 10.1 Å². The Bertz CT molecular complexity index is 271. The number of likely N-dealkylation sites (tertiary alicyclic amines) is 1. The maximum absolute atomic E-state index is 11.9. The van der Waals surface area contributed by atoms with Crippen LogP contribution in [0.2, 0.25) is 0 Å². The van der Waals surface area contributed by atoms with Crippen LogP contribution in [0.5, 0.6) is 0 Å². The van der Waals surface area contributed by atoms with Crippen molar-refractivity contribution in [3.05, 3.63) is 0 Å². The first kappa shape index (κ1) is 13.3. The Kier molecular flexibility index (Phi) is 5.06. The average molecular weight is 247 g/mol. The molecule has 1 rings (SSSR count). The van der Waals surface area contributed by atoms with Crippen molar-refractivity contribution in [1.82, 2.24) is 10.2 Å². The van der Waals surface area contributed by atoms with E-state index in [9.17, 15) is 9.59 Å². The van der Waals surface area contributed by atoms with Crippen LogP contribution >= 0.6 is 11.6 Å². The molecule has 92 valence electrons. The molecule has 0 spiro atoms. The predicted molar refractivity (Wildman–Crippen MR) is 63.5 cm³/mol. The molecule has 2 unspecified atom stereocenters. The molecule has 0 saturated carbocycles. The number of nitrogens with zero attached hydrogens (tertiary/aromatic N) is 1. The second kappa shape index (κ2) is 6.09. The standard InChI is InChI=1S/C11H19ClN2O2/c1-3-9-5-4-8(2)14(9)11(16)13-10(15)6-7-12/h8-9H,3-7H2,1-2H3,(H,13,15,16). The summed E-state index contributed by atoms with van der Waals surface area (Å²) in [4.78, 5) is 24.9. The minimum absolute atomic E-state index is 0.187. The van der Waals surface area contributed by atoms with Gasteiger partial charge in [-0.2, -0.15) is 0 Å². The Hall–Kier alpha value is -0.770. The third kappa shape index (κ3) is 3.11. The molecule has 0 aromatic carbocycles. The first-order chi connectivity index (χ1) is 7.60. The van der Waals surface area contributed by atoms with Gasteiger partial charge in [0.05, 0.1) is 0 Å². The Morgan fingerprint density at radius 2 is 2.12 bits per heavy atom. The zero-order valence-corrected chi connectivity index (χ0v) is 10.6. The van der Waals surface area contributed by atoms with Crippen LogP contribution in [-0.2, 0) is 4.79 Å². The van der Waals surface area contributed by atoms with Crippen molar-refractivity contribution >= 4 is 23.5 Å². The topological polar surface area (TPSA) is 49.4 Å². The van der Waals surface area contributed by atoms with Crippen LogP contribution in [0, 0.1) is 0 Å². The summed E-state index contributed by atoms with van der Waals surface area (Å²) < 4.78 is 0. The number of carbonyl (C=O) groups is 2. The van der Waals surface area contributed by atoms with Gasteiger partial charge in [-0.05, 0) is 26.2 Å². The minimum Gasteiger partial charge on any atom is -0.319 e. The molecule has 0 radical (unpaired) electrons. The number of hydrogen-bond donors (Lipinski definition) is 1. The first-order valence-corrected chi connectivity index (χ1v) is 6.31. The number of amides is 3. The summed E-state index contributed by atoms with van der Waals surface area (Å²) in [7, 11) is 0. The summed E-state index contributed by atoms with van der Waals surface area (Å²) >= 11 is 5.44. The van der Waals surface area contributed by atoms with Crippen LogP contribution in [0.15, 0.2) is 0 Å². The van der Waals surface area contributed by atoms with Crippen molar-refractivity contribution in [3.63, 3.8) is 0 Å². The van der Waals surface area contributed by atoms with Crippen LogP contribution in [0.3, 0.4) is 0 Å². The molecule has 1 aliphatic heterocycles. The molecule has 3 amide bonds. The lowest BCUT2D eigenvalue weighted by Gasteiger charge is -2.27. The van der Waals surface area contributed by atoms with E-state index in [1.807, 2.05) is 6.92 Å². The molecule has 0 aromatic heterocycles. The SMILES string of the molecule is CCC1CCC(C)N1C(=O)NC(=O)CCCl. The molecular weight excluding hydrogens is 228 g/mol. The van der Waals surface area contributed by atoms with Gasteiger partial charge in [-0.1, -0.05) is 6.92 Å². The van der Waals surface area contributed by atoms with Gasteiger partial charge in [0.15, 0.2) is 0 Å². The normalized spacial score (nSPS) is 24.6. The van der Waals surface area contributed by atoms with E-state index in [2.05, 4.69) is 12.2 Å². The number of rotatable bonds is 3. The van der Waals surface area contributed by atoms with Crippen LogP contribution in [-0.4, -0.2) is 34.8 Å². The summed E-state index contributed by atoms with van der Waals surface area (Å²) in [5.41, 5.74) is 0. The Labute approximate surface area is 101 Å². The highest BCUT2D eigenvalue weighted by atomic mass is 35.5. The van der Waals surface area contributed by atoms with Gasteiger partial charge >= 0.3 is 6.03 Å². The van der Waals surface area contributed by atoms with Crippen LogP contribution < -0.4 is 5.32 Å². The molecule has 1 aliphatic rings. The summed E-state index contributed by atoms with van der Waals surface area (Å²) in [5, 5.41) is 2.38. The smallest absolute Gasteiger partial charge is 0.319 e. The van der Waals surface area contributed by atoms with E-state index >= 15 is 0 Å². The highest BCUT2D eigenvalue weighted by molar-refractivity contribution is 6.19. The number of nitrogens with one attached hydrogen (secondary N) is 1. The third-order valence-corrected chi connectivity index (χ3v) is 3.25. The quantitative estimate of drug-likeness (QED) is 0.776. The van der Waals surface area contributed by atoms with Gasteiger partial charge in [0.2, 0.25) is 5.91 Å². The minimum atomic E-state index is -0.297. The van der Waals surface area contributed by atoms with Gasteiger partial charge in [-0.25, -0.2) is 4.79 Å². The van der Waals surface area contributed by atoms with Crippen molar-refractivity contribution in [2.75, 3.05) is 5.88 Å². The van der Waals surface area contributed by atoms with E-state index in [1.165, 1.54) is 0 Å². The zero-order valence-electron chi connectivity index (χ0n) is 9.83. The maximum Gasteiger partial charge on any atom is 0.324 e. The molecular formula is C11H19ClN2O2. The van der Waals surface area contributed by atoms with Gasteiger partial charge < -0.3 is 4.90 Å². The van der Waals surface area contributed by atoms with E-state index < -0.39 is 0 Å². The Morgan fingerprint density at radius 1 is 1.44 bits per heavy atom. The Morgan fingerprint density at radius 3 is 2.69 bits per heavy atom. The largest absolute Gasteiger partial charge is 0.324 e.